The van der Waals surface area contributed by atoms with Crippen molar-refractivity contribution in [2.45, 2.75) is 57.8 Å². The van der Waals surface area contributed by atoms with Gasteiger partial charge >= 0.3 is 0 Å². The lowest BCUT2D eigenvalue weighted by atomic mass is 9.82. The van der Waals surface area contributed by atoms with Crippen LogP contribution in [0.5, 0.6) is 0 Å². The lowest BCUT2D eigenvalue weighted by molar-refractivity contribution is 0.661. The molecule has 0 N–H and O–H groups in total. The molecule has 0 saturated carbocycles. The van der Waals surface area contributed by atoms with Crippen LogP contribution in [0.15, 0.2) is 261 Å². The van der Waals surface area contributed by atoms with Crippen molar-refractivity contribution in [3.05, 3.63) is 294 Å². The minimum atomic E-state index is -0.147. The van der Waals surface area contributed by atoms with Gasteiger partial charge in [0.1, 0.15) is 0 Å². The molecule has 90 heavy (non-hydrogen) atoms. The largest absolute Gasteiger partial charge is 0.309 e. The van der Waals surface area contributed by atoms with E-state index in [9.17, 15) is 0 Å². The van der Waals surface area contributed by atoms with Crippen LogP contribution in [0, 0.1) is 0 Å². The summed E-state index contributed by atoms with van der Waals surface area (Å²) in [4.78, 5) is 11.1. The van der Waals surface area contributed by atoms with Crippen LogP contribution < -0.4 is 0 Å². The smallest absolute Gasteiger partial charge is 0.160 e. The topological polar surface area (TPSA) is 40.6 Å². The molecule has 0 radical (unpaired) electrons. The SMILES string of the molecule is CC1(C)c2ccccc2-c2cc3c4ccccc4n(-c4ccc(-c5cc(-c6ccc(-n7c8ccccc8c8cc9c(cc87)C(C)(C)c7ccccc7-9)cc6)nc(-c6cccc(-n7c8ccccc8c8cc9c(cc87)C(C)(C)c7ccccc7-9)c6)n5)cc4)c3cc21. The van der Waals surface area contributed by atoms with Gasteiger partial charge in [0.25, 0.3) is 0 Å². The van der Waals surface area contributed by atoms with Crippen LogP contribution in [0.1, 0.15) is 74.9 Å². The molecule has 3 aliphatic rings. The van der Waals surface area contributed by atoms with Gasteiger partial charge in [-0.3, -0.25) is 0 Å². The first-order valence-corrected chi connectivity index (χ1v) is 31.6. The standard InChI is InChI=1S/C85H61N5/c1-83(2)68-28-13-7-22-56(68)62-43-65-59-25-10-16-31-76(59)88(79(65)46-71(62)83)53-38-34-50(35-39-53)74-49-75(51-36-40-54(41-37-51)89-77-32-17-11-26-60(77)66-44-63-57-23-8-14-29-69(57)84(3,4)72(63)47-80(66)89)87-82(86-74)52-20-19-21-55(42-52)90-78-33-18-12-27-61(78)67-45-64-58-24-9-15-30-70(58)85(5,6)73(64)48-81(67)90/h7-49H,1-6H3. The number of hydrogen-bond donors (Lipinski definition) is 0. The second-order valence-electron chi connectivity index (χ2n) is 26.9. The highest BCUT2D eigenvalue weighted by molar-refractivity contribution is 6.14. The summed E-state index contributed by atoms with van der Waals surface area (Å²) in [6.07, 6.45) is 0. The van der Waals surface area contributed by atoms with Gasteiger partial charge in [-0.25, -0.2) is 9.97 Å². The molecule has 0 fully saturated rings. The average Bonchev–Trinajstić information content (AvgIpc) is 1.58. The van der Waals surface area contributed by atoms with Crippen LogP contribution in [-0.2, 0) is 16.2 Å². The summed E-state index contributed by atoms with van der Waals surface area (Å²) in [6.45, 7) is 14.2. The Kier molecular flexibility index (Phi) is 10.3. The van der Waals surface area contributed by atoms with Gasteiger partial charge in [-0.1, -0.05) is 205 Å². The quantitative estimate of drug-likeness (QED) is 0.166. The lowest BCUT2D eigenvalue weighted by Crippen LogP contribution is -2.15. The second-order valence-corrected chi connectivity index (χ2v) is 26.9. The van der Waals surface area contributed by atoms with E-state index in [0.717, 1.165) is 50.7 Å². The Labute approximate surface area is 522 Å². The van der Waals surface area contributed by atoms with Crippen molar-refractivity contribution in [3.63, 3.8) is 0 Å². The van der Waals surface area contributed by atoms with E-state index in [1.165, 1.54) is 127 Å². The maximum absolute atomic E-state index is 5.55. The minimum Gasteiger partial charge on any atom is -0.309 e. The maximum Gasteiger partial charge on any atom is 0.160 e. The van der Waals surface area contributed by atoms with Gasteiger partial charge in [0.15, 0.2) is 5.82 Å². The van der Waals surface area contributed by atoms with Crippen LogP contribution in [0.4, 0.5) is 0 Å². The van der Waals surface area contributed by atoms with E-state index in [4.69, 9.17) is 9.97 Å². The van der Waals surface area contributed by atoms with Crippen LogP contribution in [0.25, 0.3) is 150 Å². The normalized spacial score (nSPS) is 14.6. The summed E-state index contributed by atoms with van der Waals surface area (Å²) in [7, 11) is 0. The van der Waals surface area contributed by atoms with Gasteiger partial charge in [0, 0.05) is 82.3 Å². The first-order valence-electron chi connectivity index (χ1n) is 31.6. The van der Waals surface area contributed by atoms with E-state index in [2.05, 4.69) is 316 Å². The van der Waals surface area contributed by atoms with E-state index >= 15 is 0 Å². The minimum absolute atomic E-state index is 0.127. The highest BCUT2D eigenvalue weighted by Gasteiger charge is 2.39. The lowest BCUT2D eigenvalue weighted by Gasteiger charge is -2.21. The molecule has 5 heteroatoms. The zero-order valence-corrected chi connectivity index (χ0v) is 51.1. The third-order valence-electron chi connectivity index (χ3n) is 21.1. The van der Waals surface area contributed by atoms with Gasteiger partial charge < -0.3 is 13.7 Å². The molecule has 0 saturated heterocycles. The summed E-state index contributed by atoms with van der Waals surface area (Å²) >= 11 is 0. The van der Waals surface area contributed by atoms with Crippen molar-refractivity contribution in [1.82, 2.24) is 23.7 Å². The van der Waals surface area contributed by atoms with Crippen molar-refractivity contribution >= 4 is 65.4 Å². The highest BCUT2D eigenvalue weighted by atomic mass is 15.0. The fourth-order valence-electron chi connectivity index (χ4n) is 16.5. The fourth-order valence-corrected chi connectivity index (χ4v) is 16.5. The molecule has 0 spiro atoms. The Hall–Kier alpha value is -10.9. The van der Waals surface area contributed by atoms with Gasteiger partial charge in [0.05, 0.1) is 44.5 Å². The molecule has 0 amide bonds. The molecule has 0 bridgehead atoms. The molecular formula is C85H61N5. The van der Waals surface area contributed by atoms with Crippen molar-refractivity contribution in [2.75, 3.05) is 0 Å². The Morgan fingerprint density at radius 3 is 0.967 bits per heavy atom. The summed E-state index contributed by atoms with van der Waals surface area (Å²) in [6, 6.07) is 97.1. The number of hydrogen-bond acceptors (Lipinski definition) is 2. The van der Waals surface area contributed by atoms with Crippen molar-refractivity contribution in [3.8, 4) is 84.3 Å². The molecule has 0 unspecified atom stereocenters. The Bertz CT molecular complexity index is 5560. The van der Waals surface area contributed by atoms with Gasteiger partial charge in [-0.2, -0.15) is 0 Å². The zero-order chi connectivity index (χ0) is 60.1. The first kappa shape index (κ1) is 51.2. The molecule has 0 atom stereocenters. The van der Waals surface area contributed by atoms with Crippen molar-refractivity contribution in [2.24, 2.45) is 0 Å². The average molecular weight is 1150 g/mol. The fraction of sp³-hybridized carbons (Fsp3) is 0.106. The molecule has 4 aromatic heterocycles. The molecule has 19 rings (SSSR count). The number of aromatic nitrogens is 5. The number of para-hydroxylation sites is 3. The third-order valence-corrected chi connectivity index (χ3v) is 21.1. The Balaban J connectivity index is 0.765. The summed E-state index contributed by atoms with van der Waals surface area (Å²) in [5.74, 6) is 0.662. The van der Waals surface area contributed by atoms with E-state index in [1.807, 2.05) is 0 Å². The molecule has 12 aromatic carbocycles. The first-order chi connectivity index (χ1) is 43.9. The third kappa shape index (κ3) is 6.97. The predicted octanol–water partition coefficient (Wildman–Crippen LogP) is 21.7. The molecule has 5 nitrogen and oxygen atoms in total. The molecule has 4 heterocycles. The molecule has 16 aromatic rings. The molecular weight excluding hydrogens is 1090 g/mol. The molecule has 0 aliphatic heterocycles. The van der Waals surface area contributed by atoms with Crippen LogP contribution in [0.2, 0.25) is 0 Å². The predicted molar refractivity (Wildman–Crippen MR) is 374 cm³/mol. The van der Waals surface area contributed by atoms with Gasteiger partial charge in [-0.05, 0) is 164 Å². The van der Waals surface area contributed by atoms with Crippen LogP contribution >= 0.6 is 0 Å². The maximum atomic E-state index is 5.55. The van der Waals surface area contributed by atoms with E-state index in [0.29, 0.717) is 5.82 Å². The number of nitrogens with zero attached hydrogens (tertiary/aromatic N) is 5. The van der Waals surface area contributed by atoms with Crippen molar-refractivity contribution in [1.29, 1.82) is 0 Å². The highest BCUT2D eigenvalue weighted by Crippen LogP contribution is 2.54. The Morgan fingerprint density at radius 2 is 0.578 bits per heavy atom. The zero-order valence-electron chi connectivity index (χ0n) is 51.1. The van der Waals surface area contributed by atoms with Crippen molar-refractivity contribution < 1.29 is 0 Å². The second kappa shape index (κ2) is 18.1. The van der Waals surface area contributed by atoms with Crippen LogP contribution in [-0.4, -0.2) is 23.7 Å². The van der Waals surface area contributed by atoms with Gasteiger partial charge in [-0.15, -0.1) is 0 Å². The van der Waals surface area contributed by atoms with Gasteiger partial charge in [0.2, 0.25) is 0 Å². The molecule has 426 valence electrons. The number of benzene rings is 12. The monoisotopic (exact) mass is 1150 g/mol. The number of fused-ring (bicyclic) bond motifs is 18. The molecule has 3 aliphatic carbocycles. The van der Waals surface area contributed by atoms with E-state index in [-0.39, 0.29) is 16.2 Å². The Morgan fingerprint density at radius 1 is 0.233 bits per heavy atom. The summed E-state index contributed by atoms with van der Waals surface area (Å²) in [5.41, 5.74) is 30.8. The van der Waals surface area contributed by atoms with Crippen LogP contribution in [0.3, 0.4) is 0 Å². The van der Waals surface area contributed by atoms with E-state index < -0.39 is 0 Å². The summed E-state index contributed by atoms with van der Waals surface area (Å²) in [5, 5.41) is 7.48. The van der Waals surface area contributed by atoms with E-state index in [1.54, 1.807) is 0 Å². The number of rotatable bonds is 6. The summed E-state index contributed by atoms with van der Waals surface area (Å²) < 4.78 is 7.34.